The molecule has 0 aromatic heterocycles. The van der Waals surface area contributed by atoms with Crippen molar-refractivity contribution in [3.05, 3.63) is 59.2 Å². The molecule has 2 aromatic carbocycles. The lowest BCUT2D eigenvalue weighted by molar-refractivity contribution is -0.116. The molecule has 3 N–H and O–H groups in total. The van der Waals surface area contributed by atoms with Crippen LogP contribution in [0.25, 0.3) is 6.08 Å². The van der Waals surface area contributed by atoms with E-state index >= 15 is 0 Å². The molecule has 0 aliphatic heterocycles. The van der Waals surface area contributed by atoms with Gasteiger partial charge in [0.1, 0.15) is 23.0 Å². The fourth-order valence-electron chi connectivity index (χ4n) is 3.39. The summed E-state index contributed by atoms with van der Waals surface area (Å²) < 4.78 is 44.1. The van der Waals surface area contributed by atoms with Crippen LogP contribution in [0.2, 0.25) is 0 Å². The molecule has 0 saturated carbocycles. The van der Waals surface area contributed by atoms with E-state index in [1.54, 1.807) is 25.3 Å². The van der Waals surface area contributed by atoms with Crippen molar-refractivity contribution in [3.63, 3.8) is 0 Å². The summed E-state index contributed by atoms with van der Waals surface area (Å²) in [6.07, 6.45) is 3.58. The lowest BCUT2D eigenvalue weighted by atomic mass is 9.86. The Morgan fingerprint density at radius 2 is 1.76 bits per heavy atom. The van der Waals surface area contributed by atoms with Gasteiger partial charge in [-0.2, -0.15) is 0 Å². The van der Waals surface area contributed by atoms with Crippen molar-refractivity contribution in [2.45, 2.75) is 37.5 Å². The van der Waals surface area contributed by atoms with E-state index in [9.17, 15) is 13.2 Å². The number of carbonyl (C=O) groups is 1. The highest BCUT2D eigenvalue weighted by atomic mass is 32.2. The van der Waals surface area contributed by atoms with Gasteiger partial charge in [0.25, 0.3) is 10.0 Å². The molecule has 0 saturated heterocycles. The summed E-state index contributed by atoms with van der Waals surface area (Å²) in [5, 5.41) is 5.37. The normalized spacial score (nSPS) is 11.7. The minimum Gasteiger partial charge on any atom is -0.496 e. The Hall–Kier alpha value is -3.15. The molecule has 0 aliphatic rings. The van der Waals surface area contributed by atoms with Gasteiger partial charge in [-0.3, -0.25) is 9.52 Å². The number of sulfonamides is 1. The zero-order chi connectivity index (χ0) is 28.3. The van der Waals surface area contributed by atoms with Crippen molar-refractivity contribution in [3.8, 4) is 11.5 Å². The Morgan fingerprint density at radius 3 is 2.39 bits per heavy atom. The highest BCUT2D eigenvalue weighted by Crippen LogP contribution is 2.29. The number of hydrogen-bond donors (Lipinski definition) is 3. The van der Waals surface area contributed by atoms with E-state index in [1.165, 1.54) is 26.3 Å². The highest BCUT2D eigenvalue weighted by molar-refractivity contribution is 7.92. The average molecular weight is 564 g/mol. The number of methoxy groups -OCH3 is 2. The molecule has 0 fully saturated rings. The van der Waals surface area contributed by atoms with Crippen LogP contribution in [0, 0.1) is 0 Å². The zero-order valence-corrected chi connectivity index (χ0v) is 24.3. The number of ether oxygens (including phenoxy) is 3. The highest BCUT2D eigenvalue weighted by Gasteiger charge is 2.22. The molecule has 0 unspecified atom stereocenters. The van der Waals surface area contributed by atoms with E-state index in [0.717, 1.165) is 11.1 Å². The van der Waals surface area contributed by atoms with E-state index in [4.69, 9.17) is 26.4 Å². The van der Waals surface area contributed by atoms with Crippen LogP contribution < -0.4 is 24.8 Å². The van der Waals surface area contributed by atoms with E-state index in [0.29, 0.717) is 30.9 Å². The summed E-state index contributed by atoms with van der Waals surface area (Å²) in [7, 11) is 0.645. The molecule has 0 aliphatic carbocycles. The number of amides is 1. The molecule has 0 atom stereocenters. The Morgan fingerprint density at radius 1 is 1.05 bits per heavy atom. The third-order valence-corrected chi connectivity index (χ3v) is 7.33. The van der Waals surface area contributed by atoms with Gasteiger partial charge in [0.15, 0.2) is 5.11 Å². The van der Waals surface area contributed by atoms with Crippen molar-refractivity contribution >= 4 is 39.3 Å². The fourth-order valence-corrected chi connectivity index (χ4v) is 4.87. The van der Waals surface area contributed by atoms with Gasteiger partial charge in [-0.25, -0.2) is 8.42 Å². The summed E-state index contributed by atoms with van der Waals surface area (Å²) in [6, 6.07) is 10.8. The second-order valence-corrected chi connectivity index (χ2v) is 11.4. The topological polar surface area (TPSA) is 115 Å². The van der Waals surface area contributed by atoms with Crippen molar-refractivity contribution in [1.29, 1.82) is 0 Å². The fraction of sp³-hybridized carbons (Fsp3) is 0.407. The second kappa shape index (κ2) is 14.1. The Kier molecular flexibility index (Phi) is 11.6. The van der Waals surface area contributed by atoms with E-state index < -0.39 is 10.0 Å². The van der Waals surface area contributed by atoms with Crippen LogP contribution in [0.5, 0.6) is 11.5 Å². The molecule has 38 heavy (non-hydrogen) atoms. The molecular formula is C27H37N3O6S2. The quantitative estimate of drug-likeness (QED) is 0.205. The van der Waals surface area contributed by atoms with Crippen LogP contribution in [0.4, 0.5) is 0 Å². The second-order valence-electron chi connectivity index (χ2n) is 9.39. The molecule has 2 aromatic rings. The Labute approximate surface area is 231 Å². The smallest absolute Gasteiger partial charge is 0.267 e. The lowest BCUT2D eigenvalue weighted by Gasteiger charge is -2.20. The average Bonchev–Trinajstić information content (AvgIpc) is 2.87. The van der Waals surface area contributed by atoms with Crippen LogP contribution in [-0.4, -0.2) is 60.5 Å². The molecule has 2 rings (SSSR count). The zero-order valence-electron chi connectivity index (χ0n) is 22.7. The number of nitrogens with one attached hydrogen (secondary N) is 3. The maximum atomic E-state index is 12.9. The summed E-state index contributed by atoms with van der Waals surface area (Å²) >= 11 is 4.96. The third-order valence-electron chi connectivity index (χ3n) is 5.52. The van der Waals surface area contributed by atoms with E-state index in [1.807, 2.05) is 18.2 Å². The van der Waals surface area contributed by atoms with Crippen molar-refractivity contribution in [2.75, 3.05) is 41.0 Å². The van der Waals surface area contributed by atoms with Gasteiger partial charge < -0.3 is 24.8 Å². The van der Waals surface area contributed by atoms with Crippen LogP contribution in [0.15, 0.2) is 47.4 Å². The molecule has 1 amide bonds. The number of hydrogen-bond acceptors (Lipinski definition) is 7. The Balaban J connectivity index is 2.12. The van der Waals surface area contributed by atoms with E-state index in [2.05, 4.69) is 36.1 Å². The summed E-state index contributed by atoms with van der Waals surface area (Å²) in [5.74, 6) is 0.576. The Bertz CT molecular complexity index is 1250. The molecule has 0 radical (unpaired) electrons. The maximum Gasteiger partial charge on any atom is 0.267 e. The summed E-state index contributed by atoms with van der Waals surface area (Å²) in [6.45, 7) is 7.14. The van der Waals surface area contributed by atoms with Crippen LogP contribution >= 0.6 is 12.2 Å². The van der Waals surface area contributed by atoms with Crippen molar-refractivity contribution < 1.29 is 27.4 Å². The molecule has 208 valence electrons. The summed E-state index contributed by atoms with van der Waals surface area (Å²) in [4.78, 5) is 12.4. The predicted molar refractivity (Wildman–Crippen MR) is 153 cm³/mol. The van der Waals surface area contributed by atoms with Crippen LogP contribution in [-0.2, 0) is 31.4 Å². The first-order valence-corrected chi connectivity index (χ1v) is 13.9. The minimum atomic E-state index is -3.99. The van der Waals surface area contributed by atoms with Gasteiger partial charge in [-0.1, -0.05) is 32.9 Å². The van der Waals surface area contributed by atoms with Gasteiger partial charge in [-0.05, 0) is 65.5 Å². The lowest BCUT2D eigenvalue weighted by Crippen LogP contribution is -2.37. The maximum absolute atomic E-state index is 12.9. The largest absolute Gasteiger partial charge is 0.496 e. The summed E-state index contributed by atoms with van der Waals surface area (Å²) in [5.41, 5.74) is 2.59. The molecule has 9 nitrogen and oxygen atoms in total. The number of thiocarbonyl (C=S) groups is 1. The first-order valence-electron chi connectivity index (χ1n) is 12.0. The van der Waals surface area contributed by atoms with Crippen molar-refractivity contribution in [1.82, 2.24) is 15.4 Å². The SMILES string of the molecule is CNC(=S)NS(=O)(=O)c1cc(CCNC(=O)/C=C/c2cc(C(C)(C)C)ccc2OC)ccc1OCCOC. The standard InChI is InChI=1S/C27H37N3O6S2/c1-27(2,3)21-9-11-22(35-6)20(18-21)8-12-25(31)29-14-13-19-7-10-23(36-16-15-34-5)24(17-19)38(32,33)30-26(37)28-4/h7-12,17-18H,13-16H2,1-6H3,(H,29,31)(H2,28,30,37)/b12-8+. The third kappa shape index (κ3) is 9.30. The minimum absolute atomic E-state index is 0.0398. The molecule has 0 heterocycles. The molecular weight excluding hydrogens is 526 g/mol. The number of carbonyl (C=O) groups excluding carboxylic acids is 1. The van der Waals surface area contributed by atoms with Gasteiger partial charge in [0, 0.05) is 32.3 Å². The monoisotopic (exact) mass is 563 g/mol. The molecule has 0 spiro atoms. The van der Waals surface area contributed by atoms with Crippen molar-refractivity contribution in [2.24, 2.45) is 0 Å². The first-order chi connectivity index (χ1) is 17.9. The van der Waals surface area contributed by atoms with E-state index in [-0.39, 0.29) is 33.7 Å². The van der Waals surface area contributed by atoms with Gasteiger partial charge in [0.2, 0.25) is 5.91 Å². The van der Waals surface area contributed by atoms with Gasteiger partial charge in [-0.15, -0.1) is 0 Å². The number of rotatable bonds is 12. The predicted octanol–water partition coefficient (Wildman–Crippen LogP) is 3.17. The van der Waals surface area contributed by atoms with Crippen LogP contribution in [0.1, 0.15) is 37.5 Å². The molecule has 0 bridgehead atoms. The van der Waals surface area contributed by atoms with Gasteiger partial charge in [0.05, 0.1) is 13.7 Å². The first kappa shape index (κ1) is 31.1. The van der Waals surface area contributed by atoms with Gasteiger partial charge >= 0.3 is 0 Å². The number of benzene rings is 2. The molecule has 11 heteroatoms. The van der Waals surface area contributed by atoms with Crippen LogP contribution in [0.3, 0.4) is 0 Å².